The van der Waals surface area contributed by atoms with Crippen LogP contribution in [0.1, 0.15) is 87.5 Å². The third-order valence-corrected chi connectivity index (χ3v) is 11.4. The van der Waals surface area contributed by atoms with Crippen molar-refractivity contribution in [1.29, 1.82) is 0 Å². The number of fused-ring (bicyclic) bond motifs is 4. The fraction of sp³-hybridized carbons (Fsp3) is 0.688. The van der Waals surface area contributed by atoms with Crippen LogP contribution in [0.3, 0.4) is 0 Å². The van der Waals surface area contributed by atoms with Crippen LogP contribution in [0, 0.1) is 39.4 Å². The molecule has 2 fully saturated rings. The molecule has 4 aliphatic rings. The van der Waals surface area contributed by atoms with Crippen LogP contribution in [0.2, 0.25) is 0 Å². The zero-order valence-electron chi connectivity index (χ0n) is 25.3. The standard InChI is InChI=1S/C32H42O9/c1-15(11-18(34)12-16(2)28(39)40)19-13-23(37)32(8)24-20(35)14-21-29(4,5)22(36)9-10-30(21,6)25(24)26(38)27(31(19,32)7)41-17(3)33/h11,16,19,21-22,27,36H,9-10,12-14H2,1-8H3,(H,39,40)/b15-11-/t16?,19-,21+,22+,27-,30+,31+,32+/m1/s1. The summed E-state index contributed by atoms with van der Waals surface area (Å²) in [5, 5.41) is 20.1. The lowest BCUT2D eigenvalue weighted by atomic mass is 9.42. The van der Waals surface area contributed by atoms with Crippen LogP contribution < -0.4 is 0 Å². The smallest absolute Gasteiger partial charge is 0.306 e. The minimum atomic E-state index is -1.47. The molecule has 9 nitrogen and oxygen atoms in total. The number of hydrogen-bond acceptors (Lipinski definition) is 8. The van der Waals surface area contributed by atoms with Crippen LogP contribution in [-0.2, 0) is 33.5 Å². The molecule has 4 rings (SSSR count). The molecule has 0 bridgehead atoms. The fourth-order valence-corrected chi connectivity index (χ4v) is 8.76. The number of ketones is 4. The number of aliphatic hydroxyl groups is 1. The second-order valence-electron chi connectivity index (χ2n) is 14.0. The summed E-state index contributed by atoms with van der Waals surface area (Å²) in [7, 11) is 0. The van der Waals surface area contributed by atoms with Gasteiger partial charge in [0.15, 0.2) is 17.7 Å². The Labute approximate surface area is 240 Å². The molecule has 9 heteroatoms. The van der Waals surface area contributed by atoms with Gasteiger partial charge in [-0.2, -0.15) is 0 Å². The lowest BCUT2D eigenvalue weighted by Gasteiger charge is -2.60. The number of carbonyl (C=O) groups is 6. The lowest BCUT2D eigenvalue weighted by Crippen LogP contribution is -2.64. The molecule has 224 valence electrons. The highest BCUT2D eigenvalue weighted by Crippen LogP contribution is 2.70. The number of ether oxygens (including phenoxy) is 1. The zero-order valence-corrected chi connectivity index (χ0v) is 25.3. The summed E-state index contributed by atoms with van der Waals surface area (Å²) in [6.45, 7) is 13.4. The van der Waals surface area contributed by atoms with Gasteiger partial charge >= 0.3 is 11.9 Å². The first-order valence-electron chi connectivity index (χ1n) is 14.4. The summed E-state index contributed by atoms with van der Waals surface area (Å²) in [4.78, 5) is 79.3. The molecule has 0 heterocycles. The molecular weight excluding hydrogens is 528 g/mol. The summed E-state index contributed by atoms with van der Waals surface area (Å²) in [5.74, 6) is -5.29. The van der Waals surface area contributed by atoms with E-state index >= 15 is 0 Å². The average Bonchev–Trinajstić information content (AvgIpc) is 3.07. The van der Waals surface area contributed by atoms with Crippen LogP contribution in [-0.4, -0.2) is 57.5 Å². The molecular formula is C32H42O9. The Kier molecular flexibility index (Phi) is 7.42. The number of aliphatic carboxylic acids is 1. The molecule has 0 aromatic heterocycles. The maximum Gasteiger partial charge on any atom is 0.306 e. The summed E-state index contributed by atoms with van der Waals surface area (Å²) in [5.41, 5.74) is -3.44. The molecule has 0 radical (unpaired) electrons. The normalized spacial score (nSPS) is 39.0. The van der Waals surface area contributed by atoms with Crippen LogP contribution in [0.25, 0.3) is 0 Å². The number of aliphatic hydroxyl groups excluding tert-OH is 1. The molecule has 2 saturated carbocycles. The van der Waals surface area contributed by atoms with Gasteiger partial charge in [-0.25, -0.2) is 0 Å². The second kappa shape index (κ2) is 9.82. The summed E-state index contributed by atoms with van der Waals surface area (Å²) in [6, 6.07) is 0. The van der Waals surface area contributed by atoms with E-state index in [-0.39, 0.29) is 47.9 Å². The molecule has 41 heavy (non-hydrogen) atoms. The van der Waals surface area contributed by atoms with Crippen molar-refractivity contribution in [2.75, 3.05) is 0 Å². The van der Waals surface area contributed by atoms with Crippen molar-refractivity contribution in [2.45, 2.75) is 99.7 Å². The van der Waals surface area contributed by atoms with E-state index in [9.17, 15) is 39.0 Å². The van der Waals surface area contributed by atoms with E-state index in [2.05, 4.69) is 0 Å². The van der Waals surface area contributed by atoms with E-state index in [0.717, 1.165) is 0 Å². The van der Waals surface area contributed by atoms with Crippen molar-refractivity contribution < 1.29 is 43.7 Å². The van der Waals surface area contributed by atoms with E-state index in [1.165, 1.54) is 19.9 Å². The van der Waals surface area contributed by atoms with Crippen LogP contribution in [0.15, 0.2) is 22.8 Å². The predicted octanol–water partition coefficient (Wildman–Crippen LogP) is 3.80. The van der Waals surface area contributed by atoms with Crippen molar-refractivity contribution in [3.8, 4) is 0 Å². The molecule has 0 aromatic carbocycles. The first-order chi connectivity index (χ1) is 18.8. The maximum atomic E-state index is 14.6. The Bertz CT molecular complexity index is 1320. The van der Waals surface area contributed by atoms with Crippen LogP contribution in [0.5, 0.6) is 0 Å². The van der Waals surface area contributed by atoms with Crippen molar-refractivity contribution in [3.05, 3.63) is 22.8 Å². The summed E-state index contributed by atoms with van der Waals surface area (Å²) < 4.78 is 5.77. The largest absolute Gasteiger partial charge is 0.481 e. The molecule has 0 aliphatic heterocycles. The minimum Gasteiger partial charge on any atom is -0.481 e. The van der Waals surface area contributed by atoms with E-state index in [4.69, 9.17) is 4.74 Å². The van der Waals surface area contributed by atoms with Crippen LogP contribution in [0.4, 0.5) is 0 Å². The molecule has 0 saturated heterocycles. The fourth-order valence-electron chi connectivity index (χ4n) is 8.76. The Balaban J connectivity index is 1.94. The Hall–Kier alpha value is -2.94. The van der Waals surface area contributed by atoms with Gasteiger partial charge in [0.2, 0.25) is 5.78 Å². The van der Waals surface area contributed by atoms with Gasteiger partial charge in [-0.15, -0.1) is 0 Å². The van der Waals surface area contributed by atoms with Crippen molar-refractivity contribution >= 4 is 35.1 Å². The third kappa shape index (κ3) is 4.21. The predicted molar refractivity (Wildman–Crippen MR) is 147 cm³/mol. The summed E-state index contributed by atoms with van der Waals surface area (Å²) >= 11 is 0. The van der Waals surface area contributed by atoms with E-state index in [1.807, 2.05) is 20.8 Å². The highest BCUT2D eigenvalue weighted by Gasteiger charge is 2.74. The van der Waals surface area contributed by atoms with E-state index < -0.39 is 69.2 Å². The maximum absolute atomic E-state index is 14.6. The van der Waals surface area contributed by atoms with Gasteiger partial charge < -0.3 is 14.9 Å². The highest BCUT2D eigenvalue weighted by atomic mass is 16.5. The zero-order chi connectivity index (χ0) is 31.0. The number of hydrogen-bond donors (Lipinski definition) is 2. The van der Waals surface area contributed by atoms with Crippen molar-refractivity contribution in [2.24, 2.45) is 39.4 Å². The highest BCUT2D eigenvalue weighted by molar-refractivity contribution is 6.18. The third-order valence-electron chi connectivity index (χ3n) is 11.4. The molecule has 1 unspecified atom stereocenters. The molecule has 0 spiro atoms. The van der Waals surface area contributed by atoms with Crippen molar-refractivity contribution in [3.63, 3.8) is 0 Å². The SMILES string of the molecule is CC(=O)O[C@@H]1C(=O)C2=C(C(=O)C[C@H]3C(C)(C)[C@@H](O)CC[C@]23C)[C@]2(C)C(=O)C[C@H](/C(C)=C\C(=O)CC(C)C(=O)O)[C@@]12C. The van der Waals surface area contributed by atoms with Gasteiger partial charge in [0.05, 0.1) is 17.4 Å². The van der Waals surface area contributed by atoms with Gasteiger partial charge in [0.1, 0.15) is 5.78 Å². The van der Waals surface area contributed by atoms with Crippen LogP contribution >= 0.6 is 0 Å². The van der Waals surface area contributed by atoms with Gasteiger partial charge in [-0.1, -0.05) is 40.2 Å². The summed E-state index contributed by atoms with van der Waals surface area (Å²) in [6.07, 6.45) is -0.0972. The number of carboxylic acids is 1. The number of rotatable bonds is 6. The number of carboxylic acid groups (broad SMARTS) is 1. The Morgan fingerprint density at radius 1 is 1.02 bits per heavy atom. The monoisotopic (exact) mass is 570 g/mol. The topological polar surface area (TPSA) is 152 Å². The quantitative estimate of drug-likeness (QED) is 0.359. The van der Waals surface area contributed by atoms with Gasteiger partial charge in [0, 0.05) is 48.2 Å². The van der Waals surface area contributed by atoms with Gasteiger partial charge in [0.25, 0.3) is 0 Å². The average molecular weight is 571 g/mol. The lowest BCUT2D eigenvalue weighted by molar-refractivity contribution is -0.173. The number of allylic oxidation sites excluding steroid dienone is 3. The number of esters is 1. The minimum absolute atomic E-state index is 0.0729. The molecule has 2 N–H and O–H groups in total. The van der Waals surface area contributed by atoms with Gasteiger partial charge in [-0.05, 0) is 50.0 Å². The second-order valence-corrected chi connectivity index (χ2v) is 14.0. The van der Waals surface area contributed by atoms with E-state index in [0.29, 0.717) is 18.4 Å². The Morgan fingerprint density at radius 3 is 2.20 bits per heavy atom. The molecule has 0 aromatic rings. The first kappa shape index (κ1) is 31.0. The Morgan fingerprint density at radius 2 is 1.63 bits per heavy atom. The number of carbonyl (C=O) groups excluding carboxylic acids is 5. The first-order valence-corrected chi connectivity index (χ1v) is 14.4. The van der Waals surface area contributed by atoms with E-state index in [1.54, 1.807) is 20.8 Å². The molecule has 8 atom stereocenters. The molecule has 0 amide bonds. The van der Waals surface area contributed by atoms with Gasteiger partial charge in [-0.3, -0.25) is 28.8 Å². The number of Topliss-reactive ketones (excluding diaryl/α,β-unsaturated/α-hetero) is 3. The molecule has 4 aliphatic carbocycles. The van der Waals surface area contributed by atoms with Crippen molar-refractivity contribution in [1.82, 2.24) is 0 Å².